The van der Waals surface area contributed by atoms with Crippen molar-refractivity contribution in [2.75, 3.05) is 13.6 Å². The summed E-state index contributed by atoms with van der Waals surface area (Å²) in [6.45, 7) is 2.07. The van der Waals surface area contributed by atoms with Gasteiger partial charge in [-0.1, -0.05) is 23.7 Å². The first kappa shape index (κ1) is 15.4. The van der Waals surface area contributed by atoms with Gasteiger partial charge in [0.15, 0.2) is 0 Å². The zero-order chi connectivity index (χ0) is 17.1. The van der Waals surface area contributed by atoms with E-state index in [0.29, 0.717) is 12.0 Å². The molecule has 1 fully saturated rings. The van der Waals surface area contributed by atoms with E-state index in [1.54, 1.807) is 12.1 Å². The molecule has 0 bridgehead atoms. The molecule has 0 radical (unpaired) electrons. The SMILES string of the molecule is CN1CCc2c(c3cc(Cl)ccc3n2C2CC2c2ccc(F)cc2)C1. The van der Waals surface area contributed by atoms with E-state index in [-0.39, 0.29) is 5.82 Å². The molecule has 0 saturated heterocycles. The van der Waals surface area contributed by atoms with Gasteiger partial charge in [0.2, 0.25) is 0 Å². The van der Waals surface area contributed by atoms with Gasteiger partial charge in [-0.25, -0.2) is 4.39 Å². The van der Waals surface area contributed by atoms with Crippen LogP contribution in [0.15, 0.2) is 42.5 Å². The fourth-order valence-electron chi connectivity index (χ4n) is 4.41. The second-order valence-corrected chi connectivity index (χ2v) is 7.84. The molecule has 1 aliphatic heterocycles. The lowest BCUT2D eigenvalue weighted by molar-refractivity contribution is 0.309. The molecule has 128 valence electrons. The van der Waals surface area contributed by atoms with Crippen LogP contribution in [0.25, 0.3) is 10.9 Å². The first-order valence-electron chi connectivity index (χ1n) is 8.87. The fourth-order valence-corrected chi connectivity index (χ4v) is 4.59. The van der Waals surface area contributed by atoms with Crippen LogP contribution >= 0.6 is 11.6 Å². The van der Waals surface area contributed by atoms with Crippen LogP contribution in [0.1, 0.15) is 35.2 Å². The number of aromatic nitrogens is 1. The Morgan fingerprint density at radius 3 is 2.72 bits per heavy atom. The number of halogens is 2. The van der Waals surface area contributed by atoms with E-state index in [1.807, 2.05) is 18.2 Å². The van der Waals surface area contributed by atoms with Gasteiger partial charge in [0.05, 0.1) is 0 Å². The van der Waals surface area contributed by atoms with Crippen LogP contribution in [-0.4, -0.2) is 23.1 Å². The fraction of sp³-hybridized carbons (Fsp3) is 0.333. The Kier molecular flexibility index (Phi) is 3.44. The van der Waals surface area contributed by atoms with Crippen LogP contribution in [0.5, 0.6) is 0 Å². The zero-order valence-electron chi connectivity index (χ0n) is 14.2. The van der Waals surface area contributed by atoms with Crippen LogP contribution in [0.4, 0.5) is 4.39 Å². The molecule has 1 aromatic heterocycles. The minimum atomic E-state index is -0.164. The van der Waals surface area contributed by atoms with E-state index in [0.717, 1.165) is 31.0 Å². The van der Waals surface area contributed by atoms with Crippen LogP contribution in [0, 0.1) is 5.82 Å². The Morgan fingerprint density at radius 1 is 1.12 bits per heavy atom. The second-order valence-electron chi connectivity index (χ2n) is 7.41. The van der Waals surface area contributed by atoms with Gasteiger partial charge in [-0.15, -0.1) is 0 Å². The van der Waals surface area contributed by atoms with Gasteiger partial charge >= 0.3 is 0 Å². The average molecular weight is 355 g/mol. The molecular formula is C21H20ClFN2. The van der Waals surface area contributed by atoms with Crippen molar-refractivity contribution in [2.24, 2.45) is 0 Å². The van der Waals surface area contributed by atoms with Crippen molar-refractivity contribution >= 4 is 22.5 Å². The lowest BCUT2D eigenvalue weighted by Gasteiger charge is -2.24. The zero-order valence-corrected chi connectivity index (χ0v) is 14.9. The highest BCUT2D eigenvalue weighted by Gasteiger charge is 2.42. The number of hydrogen-bond donors (Lipinski definition) is 0. The lowest BCUT2D eigenvalue weighted by Crippen LogP contribution is -2.27. The number of rotatable bonds is 2. The summed E-state index contributed by atoms with van der Waals surface area (Å²) in [4.78, 5) is 2.37. The number of nitrogens with zero attached hydrogens (tertiary/aromatic N) is 2. The normalized spacial score (nSPS) is 23.0. The van der Waals surface area contributed by atoms with Crippen molar-refractivity contribution in [3.8, 4) is 0 Å². The van der Waals surface area contributed by atoms with Gasteiger partial charge in [0.25, 0.3) is 0 Å². The number of hydrogen-bond acceptors (Lipinski definition) is 1. The van der Waals surface area contributed by atoms with Gasteiger partial charge in [0, 0.05) is 53.1 Å². The highest BCUT2D eigenvalue weighted by Crippen LogP contribution is 2.54. The molecule has 2 atom stereocenters. The smallest absolute Gasteiger partial charge is 0.123 e. The second kappa shape index (κ2) is 5.58. The van der Waals surface area contributed by atoms with Crippen LogP contribution in [0.3, 0.4) is 0 Å². The minimum Gasteiger partial charge on any atom is -0.341 e. The lowest BCUT2D eigenvalue weighted by atomic mass is 10.1. The molecule has 2 unspecified atom stereocenters. The summed E-state index contributed by atoms with van der Waals surface area (Å²) in [7, 11) is 2.18. The van der Waals surface area contributed by atoms with Crippen molar-refractivity contribution in [2.45, 2.75) is 31.3 Å². The van der Waals surface area contributed by atoms with Crippen LogP contribution in [0.2, 0.25) is 5.02 Å². The van der Waals surface area contributed by atoms with Gasteiger partial charge in [-0.2, -0.15) is 0 Å². The van der Waals surface area contributed by atoms with Gasteiger partial charge in [0.1, 0.15) is 5.82 Å². The van der Waals surface area contributed by atoms with Crippen LogP contribution in [-0.2, 0) is 13.0 Å². The molecule has 4 heteroatoms. The first-order chi connectivity index (χ1) is 12.1. The molecule has 0 N–H and O–H groups in total. The molecular weight excluding hydrogens is 335 g/mol. The summed E-state index contributed by atoms with van der Waals surface area (Å²) in [5, 5.41) is 2.09. The molecule has 2 aromatic carbocycles. The number of fused-ring (bicyclic) bond motifs is 3. The highest BCUT2D eigenvalue weighted by atomic mass is 35.5. The van der Waals surface area contributed by atoms with Gasteiger partial charge in [-0.3, -0.25) is 0 Å². The predicted molar refractivity (Wildman–Crippen MR) is 99.8 cm³/mol. The number of benzene rings is 2. The Bertz CT molecular complexity index is 960. The van der Waals surface area contributed by atoms with E-state index < -0.39 is 0 Å². The summed E-state index contributed by atoms with van der Waals surface area (Å²) < 4.78 is 15.8. The van der Waals surface area contributed by atoms with Gasteiger partial charge < -0.3 is 9.47 Å². The van der Waals surface area contributed by atoms with E-state index in [4.69, 9.17) is 11.6 Å². The molecule has 3 aromatic rings. The molecule has 2 nitrogen and oxygen atoms in total. The maximum atomic E-state index is 13.2. The van der Waals surface area contributed by atoms with Crippen molar-refractivity contribution < 1.29 is 4.39 Å². The molecule has 1 saturated carbocycles. The largest absolute Gasteiger partial charge is 0.341 e. The molecule has 1 aliphatic carbocycles. The van der Waals surface area contributed by atoms with Crippen LogP contribution < -0.4 is 0 Å². The van der Waals surface area contributed by atoms with E-state index in [1.165, 1.54) is 27.7 Å². The quantitative estimate of drug-likeness (QED) is 0.617. The third-order valence-corrected chi connectivity index (χ3v) is 5.96. The molecule has 2 heterocycles. The third kappa shape index (κ3) is 2.49. The third-order valence-electron chi connectivity index (χ3n) is 5.73. The standard InChI is InChI=1S/C21H20ClFN2/c1-24-9-8-20-18(12-24)17-10-14(22)4-7-19(17)25(20)21-11-16(21)13-2-5-15(23)6-3-13/h2-7,10,16,21H,8-9,11-12H2,1H3. The Labute approximate surface area is 151 Å². The monoisotopic (exact) mass is 354 g/mol. The predicted octanol–water partition coefficient (Wildman–Crippen LogP) is 5.15. The minimum absolute atomic E-state index is 0.164. The summed E-state index contributed by atoms with van der Waals surface area (Å²) in [6, 6.07) is 13.7. The van der Waals surface area contributed by atoms with E-state index in [2.05, 4.69) is 28.6 Å². The Hall–Kier alpha value is -1.84. The first-order valence-corrected chi connectivity index (χ1v) is 9.25. The summed E-state index contributed by atoms with van der Waals surface area (Å²) in [5.74, 6) is 0.318. The number of likely N-dealkylation sites (N-methyl/N-ethyl adjacent to an activating group) is 1. The van der Waals surface area contributed by atoms with E-state index in [9.17, 15) is 4.39 Å². The summed E-state index contributed by atoms with van der Waals surface area (Å²) in [6.07, 6.45) is 2.20. The molecule has 0 spiro atoms. The molecule has 25 heavy (non-hydrogen) atoms. The van der Waals surface area contributed by atoms with E-state index >= 15 is 0 Å². The maximum absolute atomic E-state index is 13.2. The van der Waals surface area contributed by atoms with Crippen molar-refractivity contribution in [1.82, 2.24) is 9.47 Å². The molecule has 2 aliphatic rings. The van der Waals surface area contributed by atoms with Crippen molar-refractivity contribution in [3.63, 3.8) is 0 Å². The molecule has 5 rings (SSSR count). The summed E-state index contributed by atoms with van der Waals surface area (Å²) in [5.41, 5.74) is 5.42. The Balaban J connectivity index is 1.61. The highest BCUT2D eigenvalue weighted by molar-refractivity contribution is 6.31. The maximum Gasteiger partial charge on any atom is 0.123 e. The van der Waals surface area contributed by atoms with Crippen molar-refractivity contribution in [3.05, 3.63) is 70.1 Å². The average Bonchev–Trinajstić information content (AvgIpc) is 3.32. The van der Waals surface area contributed by atoms with Gasteiger partial charge in [-0.05, 0) is 54.9 Å². The molecule has 0 amide bonds. The Morgan fingerprint density at radius 2 is 1.92 bits per heavy atom. The topological polar surface area (TPSA) is 8.17 Å². The van der Waals surface area contributed by atoms with Crippen molar-refractivity contribution in [1.29, 1.82) is 0 Å². The summed E-state index contributed by atoms with van der Waals surface area (Å²) >= 11 is 6.28.